The van der Waals surface area contributed by atoms with Crippen molar-refractivity contribution in [3.05, 3.63) is 12.2 Å². The van der Waals surface area contributed by atoms with Gasteiger partial charge in [-0.05, 0) is 6.42 Å². The molecule has 1 aliphatic rings. The number of amides is 2. The van der Waals surface area contributed by atoms with Gasteiger partial charge in [0.1, 0.15) is 0 Å². The molecule has 0 saturated carbocycles. The number of hydrogen-bond acceptors (Lipinski definition) is 7. The second kappa shape index (κ2) is 18.7. The lowest BCUT2D eigenvalue weighted by atomic mass is 10.2. The third-order valence-electron chi connectivity index (χ3n) is 4.24. The maximum atomic E-state index is 11.3. The highest BCUT2D eigenvalue weighted by molar-refractivity contribution is 6.12. The molecule has 1 rings (SSSR count). The number of hydrogen-bond donors (Lipinski definition) is 0. The summed E-state index contributed by atoms with van der Waals surface area (Å²) in [6.45, 7) is 7.73. The molecule has 0 aromatic heterocycles. The Hall–Kier alpha value is -1.32. The van der Waals surface area contributed by atoms with Gasteiger partial charge in [-0.2, -0.15) is 0 Å². The van der Waals surface area contributed by atoms with Crippen molar-refractivity contribution in [2.75, 3.05) is 72.6 Å². The Bertz CT molecular complexity index is 438. The minimum absolute atomic E-state index is 0.262. The summed E-state index contributed by atoms with van der Waals surface area (Å²) in [5.74, 6) is -0.581. The van der Waals surface area contributed by atoms with Crippen LogP contribution in [0.5, 0.6) is 0 Å². The maximum Gasteiger partial charge on any atom is 0.253 e. The first-order valence-electron chi connectivity index (χ1n) is 10.7. The predicted molar refractivity (Wildman–Crippen MR) is 109 cm³/mol. The van der Waals surface area contributed by atoms with E-state index in [1.807, 2.05) is 0 Å². The second-order valence-corrected chi connectivity index (χ2v) is 6.64. The monoisotopic (exact) mass is 415 g/mol. The molecule has 1 aliphatic heterocycles. The molecule has 0 atom stereocenters. The van der Waals surface area contributed by atoms with Crippen LogP contribution in [-0.2, 0) is 33.3 Å². The molecular weight excluding hydrogens is 378 g/mol. The van der Waals surface area contributed by atoms with E-state index in [1.54, 1.807) is 0 Å². The zero-order valence-corrected chi connectivity index (χ0v) is 17.8. The van der Waals surface area contributed by atoms with Crippen LogP contribution in [0.25, 0.3) is 0 Å². The number of ether oxygens (including phenoxy) is 5. The van der Waals surface area contributed by atoms with Crippen LogP contribution in [0.2, 0.25) is 0 Å². The summed E-state index contributed by atoms with van der Waals surface area (Å²) in [5, 5.41) is 0. The topological polar surface area (TPSA) is 83.5 Å². The molecule has 0 spiro atoms. The third kappa shape index (κ3) is 14.3. The van der Waals surface area contributed by atoms with Gasteiger partial charge in [0.05, 0.1) is 66.0 Å². The Balaban J connectivity index is 1.69. The molecule has 0 fully saturated rings. The van der Waals surface area contributed by atoms with Gasteiger partial charge in [0.2, 0.25) is 0 Å². The van der Waals surface area contributed by atoms with E-state index >= 15 is 0 Å². The summed E-state index contributed by atoms with van der Waals surface area (Å²) in [7, 11) is 0. The second-order valence-electron chi connectivity index (χ2n) is 6.64. The highest BCUT2D eigenvalue weighted by Crippen LogP contribution is 2.03. The highest BCUT2D eigenvalue weighted by Gasteiger charge is 2.22. The van der Waals surface area contributed by atoms with Crippen LogP contribution in [-0.4, -0.2) is 89.3 Å². The van der Waals surface area contributed by atoms with Crippen molar-refractivity contribution in [1.82, 2.24) is 4.90 Å². The van der Waals surface area contributed by atoms with Gasteiger partial charge in [0, 0.05) is 18.8 Å². The largest absolute Gasteiger partial charge is 0.379 e. The lowest BCUT2D eigenvalue weighted by Gasteiger charge is -2.13. The van der Waals surface area contributed by atoms with E-state index in [0.717, 1.165) is 17.9 Å². The first kappa shape index (κ1) is 25.7. The van der Waals surface area contributed by atoms with Gasteiger partial charge >= 0.3 is 0 Å². The molecule has 8 heteroatoms. The maximum absolute atomic E-state index is 11.3. The van der Waals surface area contributed by atoms with Crippen molar-refractivity contribution in [2.24, 2.45) is 0 Å². The molecule has 8 nitrogen and oxygen atoms in total. The third-order valence-corrected chi connectivity index (χ3v) is 4.24. The molecule has 0 N–H and O–H groups in total. The van der Waals surface area contributed by atoms with Crippen molar-refractivity contribution in [3.8, 4) is 0 Å². The molecule has 0 aromatic carbocycles. The van der Waals surface area contributed by atoms with Crippen molar-refractivity contribution >= 4 is 11.8 Å². The zero-order valence-electron chi connectivity index (χ0n) is 17.8. The molecule has 1 heterocycles. The number of unbranched alkanes of at least 4 members (excludes halogenated alkanes) is 4. The van der Waals surface area contributed by atoms with Crippen molar-refractivity contribution < 1.29 is 33.3 Å². The summed E-state index contributed by atoms with van der Waals surface area (Å²) in [5.41, 5.74) is 0. The lowest BCUT2D eigenvalue weighted by molar-refractivity contribution is -0.137. The van der Waals surface area contributed by atoms with Gasteiger partial charge < -0.3 is 23.7 Å². The van der Waals surface area contributed by atoms with Gasteiger partial charge in [-0.15, -0.1) is 0 Å². The first-order valence-corrected chi connectivity index (χ1v) is 10.7. The summed E-state index contributed by atoms with van der Waals surface area (Å²) in [6, 6.07) is 0. The fraction of sp³-hybridized carbons (Fsp3) is 0.810. The average Bonchev–Trinajstić information content (AvgIpc) is 3.04. The molecule has 2 amide bonds. The van der Waals surface area contributed by atoms with Crippen LogP contribution in [0.4, 0.5) is 0 Å². The molecule has 0 aliphatic carbocycles. The summed E-state index contributed by atoms with van der Waals surface area (Å²) in [6.07, 6.45) is 8.78. The minimum Gasteiger partial charge on any atom is -0.379 e. The minimum atomic E-state index is -0.290. The average molecular weight is 416 g/mol. The summed E-state index contributed by atoms with van der Waals surface area (Å²) in [4.78, 5) is 23.8. The van der Waals surface area contributed by atoms with Crippen molar-refractivity contribution in [3.63, 3.8) is 0 Å². The standard InChI is InChI=1S/C21H37NO7/c1-2-3-4-5-6-10-25-12-14-27-16-18-29-19-17-28-15-13-26-11-9-22-20(23)7-8-21(22)24/h7-8H,2-6,9-19H2,1H3. The number of carbonyl (C=O) groups is 2. The van der Waals surface area contributed by atoms with Crippen LogP contribution in [0.15, 0.2) is 12.2 Å². The zero-order chi connectivity index (χ0) is 21.0. The van der Waals surface area contributed by atoms with E-state index in [2.05, 4.69) is 6.92 Å². The Labute approximate surface area is 174 Å². The smallest absolute Gasteiger partial charge is 0.253 e. The number of nitrogens with zero attached hydrogens (tertiary/aromatic N) is 1. The normalized spacial score (nSPS) is 13.8. The molecule has 0 unspecified atom stereocenters. The first-order chi connectivity index (χ1) is 14.3. The van der Waals surface area contributed by atoms with Crippen LogP contribution in [0.1, 0.15) is 39.0 Å². The molecule has 0 bridgehead atoms. The van der Waals surface area contributed by atoms with E-state index < -0.39 is 0 Å². The Kier molecular flexibility index (Phi) is 16.6. The van der Waals surface area contributed by atoms with Gasteiger partial charge in [-0.25, -0.2) is 0 Å². The van der Waals surface area contributed by atoms with Gasteiger partial charge in [-0.1, -0.05) is 32.6 Å². The van der Waals surface area contributed by atoms with Crippen LogP contribution in [0, 0.1) is 0 Å². The Morgan fingerprint density at radius 2 is 1.00 bits per heavy atom. The fourth-order valence-electron chi connectivity index (χ4n) is 2.60. The molecule has 29 heavy (non-hydrogen) atoms. The molecule has 0 aromatic rings. The molecule has 168 valence electrons. The highest BCUT2D eigenvalue weighted by atomic mass is 16.6. The molecule has 0 saturated heterocycles. The molecule has 0 radical (unpaired) electrons. The lowest BCUT2D eigenvalue weighted by Crippen LogP contribution is -2.33. The van der Waals surface area contributed by atoms with Crippen LogP contribution >= 0.6 is 0 Å². The van der Waals surface area contributed by atoms with E-state index in [-0.39, 0.29) is 18.4 Å². The van der Waals surface area contributed by atoms with Gasteiger partial charge in [0.25, 0.3) is 11.8 Å². The fourth-order valence-corrected chi connectivity index (χ4v) is 2.60. The van der Waals surface area contributed by atoms with E-state index in [1.165, 1.54) is 37.8 Å². The van der Waals surface area contributed by atoms with E-state index in [4.69, 9.17) is 23.7 Å². The van der Waals surface area contributed by atoms with Crippen molar-refractivity contribution in [2.45, 2.75) is 39.0 Å². The Morgan fingerprint density at radius 1 is 0.586 bits per heavy atom. The SMILES string of the molecule is CCCCCCCOCCOCCOCCOCCOCCN1C(=O)C=CC1=O. The number of carbonyl (C=O) groups excluding carboxylic acids is 2. The van der Waals surface area contributed by atoms with Gasteiger partial charge in [0.15, 0.2) is 0 Å². The quantitative estimate of drug-likeness (QED) is 0.209. The predicted octanol–water partition coefficient (Wildman–Crippen LogP) is 1.96. The van der Waals surface area contributed by atoms with Crippen LogP contribution in [0.3, 0.4) is 0 Å². The summed E-state index contributed by atoms with van der Waals surface area (Å²) >= 11 is 0. The molecular formula is C21H37NO7. The van der Waals surface area contributed by atoms with Crippen molar-refractivity contribution in [1.29, 1.82) is 0 Å². The van der Waals surface area contributed by atoms with E-state index in [9.17, 15) is 9.59 Å². The number of rotatable bonds is 21. The summed E-state index contributed by atoms with van der Waals surface area (Å²) < 4.78 is 27.1. The van der Waals surface area contributed by atoms with Gasteiger partial charge in [-0.3, -0.25) is 14.5 Å². The van der Waals surface area contributed by atoms with E-state index in [0.29, 0.717) is 59.5 Å². The Morgan fingerprint density at radius 3 is 1.48 bits per heavy atom. The number of imide groups is 1. The van der Waals surface area contributed by atoms with Crippen LogP contribution < -0.4 is 0 Å².